The minimum Gasteiger partial charge on any atom is -0.460 e. The minimum absolute atomic E-state index is 0.210. The predicted molar refractivity (Wildman–Crippen MR) is 124 cm³/mol. The summed E-state index contributed by atoms with van der Waals surface area (Å²) < 4.78 is 20.7. The molecular weight excluding hydrogens is 371 g/mol. The van der Waals surface area contributed by atoms with Crippen molar-refractivity contribution in [3.05, 3.63) is 83.9 Å². The number of hydrogen-bond acceptors (Lipinski definition) is 1. The Morgan fingerprint density at radius 3 is 2.37 bits per heavy atom. The standard InChI is InChI=1S/C28H25FO/c1-3-5-9-18-12-15-25-23(16-18)28-26(19-10-7-6-8-11-19)22-17-20(29)13-14-21(22)27(28)24(4-2)30-25/h6-8,10-17H,3-5,9H2,1-2H3. The van der Waals surface area contributed by atoms with Crippen LogP contribution in [0, 0.1) is 5.82 Å². The number of benzene rings is 3. The van der Waals surface area contributed by atoms with E-state index in [1.165, 1.54) is 24.0 Å². The molecule has 0 unspecified atom stereocenters. The predicted octanol–water partition coefficient (Wildman–Crippen LogP) is 8.40. The first-order valence-electron chi connectivity index (χ1n) is 10.9. The lowest BCUT2D eigenvalue weighted by Crippen LogP contribution is -1.93. The Balaban J connectivity index is 1.96. The van der Waals surface area contributed by atoms with E-state index >= 15 is 0 Å². The maximum atomic E-state index is 14.3. The van der Waals surface area contributed by atoms with E-state index in [2.05, 4.69) is 44.2 Å². The SMILES string of the molecule is CCCCc1ccc2oc(CC)c3c4ccc(F)cc4c(-c4ccccc4)c-3c2c1. The van der Waals surface area contributed by atoms with Crippen LogP contribution in [0.25, 0.3) is 44.0 Å². The third-order valence-electron chi connectivity index (χ3n) is 6.05. The van der Waals surface area contributed by atoms with Gasteiger partial charge in [-0.15, -0.1) is 0 Å². The van der Waals surface area contributed by atoms with Crippen LogP contribution in [0.5, 0.6) is 0 Å². The molecule has 2 aliphatic rings. The van der Waals surface area contributed by atoms with Gasteiger partial charge in [0.2, 0.25) is 0 Å². The number of fused-ring (bicyclic) bond motifs is 5. The van der Waals surface area contributed by atoms with E-state index in [-0.39, 0.29) is 5.82 Å². The van der Waals surface area contributed by atoms with Gasteiger partial charge >= 0.3 is 0 Å². The molecule has 2 heteroatoms. The van der Waals surface area contributed by atoms with Gasteiger partial charge in [0.15, 0.2) is 0 Å². The molecule has 0 spiro atoms. The van der Waals surface area contributed by atoms with E-state index in [0.29, 0.717) is 0 Å². The van der Waals surface area contributed by atoms with Crippen LogP contribution in [0.15, 0.2) is 71.1 Å². The molecule has 150 valence electrons. The lowest BCUT2D eigenvalue weighted by atomic mass is 9.94. The number of aryl methyl sites for hydroxylation is 2. The third kappa shape index (κ3) is 2.99. The number of halogens is 1. The largest absolute Gasteiger partial charge is 0.460 e. The Hall–Kier alpha value is -3.13. The van der Waals surface area contributed by atoms with Crippen LogP contribution in [0.2, 0.25) is 0 Å². The lowest BCUT2D eigenvalue weighted by molar-refractivity contribution is 0.548. The summed E-state index contributed by atoms with van der Waals surface area (Å²) in [6, 6.07) is 22.0. The van der Waals surface area contributed by atoms with Gasteiger partial charge in [0.05, 0.1) is 0 Å². The van der Waals surface area contributed by atoms with Gasteiger partial charge in [-0.1, -0.05) is 62.7 Å². The smallest absolute Gasteiger partial charge is 0.134 e. The zero-order valence-corrected chi connectivity index (χ0v) is 17.5. The molecule has 0 atom stereocenters. The highest BCUT2D eigenvalue weighted by atomic mass is 19.1. The van der Waals surface area contributed by atoms with Crippen LogP contribution in [-0.4, -0.2) is 0 Å². The summed E-state index contributed by atoms with van der Waals surface area (Å²) in [6.07, 6.45) is 4.17. The van der Waals surface area contributed by atoms with E-state index in [0.717, 1.165) is 57.0 Å². The van der Waals surface area contributed by atoms with Crippen molar-refractivity contribution < 1.29 is 8.81 Å². The first-order chi connectivity index (χ1) is 14.7. The number of unbranched alkanes of at least 4 members (excludes halogenated alkanes) is 1. The summed E-state index contributed by atoms with van der Waals surface area (Å²) in [4.78, 5) is 0. The molecule has 0 saturated carbocycles. The van der Waals surface area contributed by atoms with Crippen molar-refractivity contribution >= 4 is 21.7 Å². The van der Waals surface area contributed by atoms with Crippen LogP contribution in [0.4, 0.5) is 4.39 Å². The molecule has 3 aromatic rings. The Kier molecular flexibility index (Phi) is 4.78. The highest BCUT2D eigenvalue weighted by Crippen LogP contribution is 2.50. The Labute approximate surface area is 176 Å². The van der Waals surface area contributed by atoms with Crippen molar-refractivity contribution in [2.24, 2.45) is 0 Å². The number of rotatable bonds is 5. The normalized spacial score (nSPS) is 11.7. The van der Waals surface area contributed by atoms with Crippen molar-refractivity contribution in [2.45, 2.75) is 39.5 Å². The second-order valence-electron chi connectivity index (χ2n) is 7.99. The molecule has 1 aliphatic heterocycles. The van der Waals surface area contributed by atoms with Gasteiger partial charge in [0.25, 0.3) is 0 Å². The Morgan fingerprint density at radius 2 is 1.60 bits per heavy atom. The van der Waals surface area contributed by atoms with Gasteiger partial charge in [0, 0.05) is 22.9 Å². The molecule has 1 nitrogen and oxygen atoms in total. The molecule has 5 rings (SSSR count). The molecule has 3 aromatic carbocycles. The highest BCUT2D eigenvalue weighted by Gasteiger charge is 2.26. The fourth-order valence-electron chi connectivity index (χ4n) is 4.63. The van der Waals surface area contributed by atoms with Crippen LogP contribution in [0.3, 0.4) is 0 Å². The summed E-state index contributed by atoms with van der Waals surface area (Å²) >= 11 is 0. The van der Waals surface area contributed by atoms with Crippen molar-refractivity contribution in [3.8, 4) is 22.3 Å². The molecule has 0 saturated heterocycles. The molecular formula is C28H25FO. The molecule has 0 bridgehead atoms. The summed E-state index contributed by atoms with van der Waals surface area (Å²) in [5.74, 6) is 0.746. The minimum atomic E-state index is -0.210. The van der Waals surface area contributed by atoms with Crippen LogP contribution in [-0.2, 0) is 12.8 Å². The van der Waals surface area contributed by atoms with Crippen LogP contribution >= 0.6 is 0 Å². The van der Waals surface area contributed by atoms with Crippen molar-refractivity contribution in [2.75, 3.05) is 0 Å². The molecule has 0 amide bonds. The molecule has 0 aromatic heterocycles. The first-order valence-corrected chi connectivity index (χ1v) is 10.9. The summed E-state index contributed by atoms with van der Waals surface area (Å²) in [6.45, 7) is 4.33. The van der Waals surface area contributed by atoms with Crippen molar-refractivity contribution in [1.29, 1.82) is 0 Å². The molecule has 30 heavy (non-hydrogen) atoms. The van der Waals surface area contributed by atoms with E-state index in [9.17, 15) is 4.39 Å². The van der Waals surface area contributed by atoms with Gasteiger partial charge < -0.3 is 4.42 Å². The third-order valence-corrected chi connectivity index (χ3v) is 6.05. The monoisotopic (exact) mass is 396 g/mol. The first kappa shape index (κ1) is 18.9. The number of hydrogen-bond donors (Lipinski definition) is 0. The van der Waals surface area contributed by atoms with Gasteiger partial charge in [-0.3, -0.25) is 0 Å². The van der Waals surface area contributed by atoms with Gasteiger partial charge in [-0.05, 0) is 64.6 Å². The van der Waals surface area contributed by atoms with E-state index in [4.69, 9.17) is 4.42 Å². The molecule has 0 fully saturated rings. The lowest BCUT2D eigenvalue weighted by Gasteiger charge is -2.14. The van der Waals surface area contributed by atoms with Crippen LogP contribution < -0.4 is 0 Å². The molecule has 0 N–H and O–H groups in total. The van der Waals surface area contributed by atoms with Gasteiger partial charge in [-0.2, -0.15) is 0 Å². The van der Waals surface area contributed by atoms with E-state index < -0.39 is 0 Å². The average molecular weight is 397 g/mol. The van der Waals surface area contributed by atoms with Crippen molar-refractivity contribution in [3.63, 3.8) is 0 Å². The summed E-state index contributed by atoms with van der Waals surface area (Å²) in [5.41, 5.74) is 6.72. The summed E-state index contributed by atoms with van der Waals surface area (Å²) in [7, 11) is 0. The molecule has 0 radical (unpaired) electrons. The topological polar surface area (TPSA) is 13.1 Å². The fourth-order valence-corrected chi connectivity index (χ4v) is 4.63. The maximum Gasteiger partial charge on any atom is 0.134 e. The molecule has 1 aliphatic carbocycles. The van der Waals surface area contributed by atoms with Gasteiger partial charge in [0.1, 0.15) is 17.2 Å². The highest BCUT2D eigenvalue weighted by molar-refractivity contribution is 6.21. The fraction of sp³-hybridized carbons (Fsp3) is 0.214. The zero-order valence-electron chi connectivity index (χ0n) is 17.5. The second-order valence-corrected chi connectivity index (χ2v) is 7.99. The molecule has 1 heterocycles. The Morgan fingerprint density at radius 1 is 0.767 bits per heavy atom. The quantitative estimate of drug-likeness (QED) is 0.291. The second kappa shape index (κ2) is 7.60. The zero-order chi connectivity index (χ0) is 20.7. The maximum absolute atomic E-state index is 14.3. The van der Waals surface area contributed by atoms with E-state index in [1.54, 1.807) is 12.1 Å². The Bertz CT molecular complexity index is 1310. The van der Waals surface area contributed by atoms with Crippen LogP contribution in [0.1, 0.15) is 38.0 Å². The summed E-state index contributed by atoms with van der Waals surface area (Å²) in [5, 5.41) is 3.13. The van der Waals surface area contributed by atoms with Crippen molar-refractivity contribution in [1.82, 2.24) is 0 Å². The van der Waals surface area contributed by atoms with Gasteiger partial charge in [-0.25, -0.2) is 4.39 Å². The average Bonchev–Trinajstić information content (AvgIpc) is 3.12. The van der Waals surface area contributed by atoms with E-state index in [1.807, 2.05) is 24.3 Å².